The molecule has 1 heterocycles. The van der Waals surface area contributed by atoms with E-state index in [4.69, 9.17) is 11.6 Å². The lowest BCUT2D eigenvalue weighted by Crippen LogP contribution is -1.98. The van der Waals surface area contributed by atoms with Gasteiger partial charge in [-0.2, -0.15) is 0 Å². The van der Waals surface area contributed by atoms with Gasteiger partial charge in [-0.25, -0.2) is 4.98 Å². The summed E-state index contributed by atoms with van der Waals surface area (Å²) >= 11 is 6.10. The van der Waals surface area contributed by atoms with Crippen LogP contribution >= 0.6 is 11.6 Å². The van der Waals surface area contributed by atoms with Crippen LogP contribution in [-0.4, -0.2) is 9.97 Å². The summed E-state index contributed by atoms with van der Waals surface area (Å²) in [5, 5.41) is 0.739. The molecular formula is C15H15ClN2. The largest absolute Gasteiger partial charge is 0.254 e. The van der Waals surface area contributed by atoms with Gasteiger partial charge < -0.3 is 0 Å². The summed E-state index contributed by atoms with van der Waals surface area (Å²) in [6.07, 6.45) is 3.92. The molecule has 1 aromatic carbocycles. The van der Waals surface area contributed by atoms with Crippen LogP contribution in [0.25, 0.3) is 12.2 Å². The zero-order valence-electron chi connectivity index (χ0n) is 10.7. The first-order chi connectivity index (χ1) is 8.58. The molecule has 92 valence electrons. The fourth-order valence-electron chi connectivity index (χ4n) is 1.67. The summed E-state index contributed by atoms with van der Waals surface area (Å²) in [7, 11) is 0. The van der Waals surface area contributed by atoms with Gasteiger partial charge in [0.15, 0.2) is 0 Å². The van der Waals surface area contributed by atoms with E-state index in [1.54, 1.807) is 0 Å². The molecular weight excluding hydrogens is 244 g/mol. The van der Waals surface area contributed by atoms with E-state index in [0.717, 1.165) is 33.4 Å². The predicted molar refractivity (Wildman–Crippen MR) is 76.6 cm³/mol. The van der Waals surface area contributed by atoms with E-state index in [0.29, 0.717) is 0 Å². The molecule has 0 aliphatic heterocycles. The highest BCUT2D eigenvalue weighted by Crippen LogP contribution is 2.18. The first kappa shape index (κ1) is 12.8. The zero-order chi connectivity index (χ0) is 13.1. The molecule has 3 heteroatoms. The van der Waals surface area contributed by atoms with Gasteiger partial charge in [-0.1, -0.05) is 35.9 Å². The van der Waals surface area contributed by atoms with E-state index in [-0.39, 0.29) is 0 Å². The van der Waals surface area contributed by atoms with Crippen molar-refractivity contribution >= 4 is 23.8 Å². The molecule has 2 aromatic rings. The Morgan fingerprint density at radius 2 is 1.56 bits per heavy atom. The Morgan fingerprint density at radius 1 is 0.889 bits per heavy atom. The van der Waals surface area contributed by atoms with Crippen molar-refractivity contribution in [3.05, 3.63) is 57.6 Å². The van der Waals surface area contributed by atoms with Gasteiger partial charge in [-0.05, 0) is 38.5 Å². The summed E-state index contributed by atoms with van der Waals surface area (Å²) < 4.78 is 0. The maximum Gasteiger partial charge on any atom is 0.0845 e. The molecule has 2 rings (SSSR count). The molecule has 0 saturated heterocycles. The van der Waals surface area contributed by atoms with E-state index < -0.39 is 0 Å². The third-order valence-corrected chi connectivity index (χ3v) is 3.19. The Bertz CT molecular complexity index is 603. The van der Waals surface area contributed by atoms with Gasteiger partial charge in [0.25, 0.3) is 0 Å². The quantitative estimate of drug-likeness (QED) is 0.806. The first-order valence-corrected chi connectivity index (χ1v) is 6.20. The van der Waals surface area contributed by atoms with Crippen molar-refractivity contribution in [3.8, 4) is 0 Å². The standard InChI is InChI=1S/C15H15ClN2/c1-10-11(2)18-15(12(3)17-10)9-8-13-6-4-5-7-14(13)16/h4-9H,1-3H3. The number of hydrogen-bond donors (Lipinski definition) is 0. The molecule has 0 bridgehead atoms. The summed E-state index contributed by atoms with van der Waals surface area (Å²) in [5.41, 5.74) is 4.74. The van der Waals surface area contributed by atoms with Gasteiger partial charge in [0.2, 0.25) is 0 Å². The highest BCUT2D eigenvalue weighted by molar-refractivity contribution is 6.32. The summed E-state index contributed by atoms with van der Waals surface area (Å²) in [6.45, 7) is 5.90. The van der Waals surface area contributed by atoms with Crippen LogP contribution in [0.15, 0.2) is 24.3 Å². The van der Waals surface area contributed by atoms with Crippen molar-refractivity contribution in [1.82, 2.24) is 9.97 Å². The molecule has 1 aromatic heterocycles. The Hall–Kier alpha value is -1.67. The molecule has 2 nitrogen and oxygen atoms in total. The zero-order valence-corrected chi connectivity index (χ0v) is 11.5. The van der Waals surface area contributed by atoms with Gasteiger partial charge in [0.05, 0.1) is 22.8 Å². The molecule has 0 spiro atoms. The van der Waals surface area contributed by atoms with Crippen molar-refractivity contribution in [2.45, 2.75) is 20.8 Å². The molecule has 0 atom stereocenters. The normalized spacial score (nSPS) is 11.1. The fourth-order valence-corrected chi connectivity index (χ4v) is 1.87. The second kappa shape index (κ2) is 5.32. The van der Waals surface area contributed by atoms with Crippen LogP contribution in [0.1, 0.15) is 28.3 Å². The minimum absolute atomic E-state index is 0.739. The Labute approximate surface area is 112 Å². The molecule has 0 N–H and O–H groups in total. The molecule has 0 aliphatic carbocycles. The molecule has 0 unspecified atom stereocenters. The average Bonchev–Trinajstić information content (AvgIpc) is 2.34. The number of aromatic nitrogens is 2. The SMILES string of the molecule is Cc1nc(C)c(C=Cc2ccccc2Cl)nc1C. The predicted octanol–water partition coefficient (Wildman–Crippen LogP) is 4.23. The van der Waals surface area contributed by atoms with Crippen molar-refractivity contribution < 1.29 is 0 Å². The van der Waals surface area contributed by atoms with Crippen LogP contribution in [0.3, 0.4) is 0 Å². The second-order valence-corrected chi connectivity index (χ2v) is 4.63. The maximum atomic E-state index is 6.10. The second-order valence-electron chi connectivity index (χ2n) is 4.22. The molecule has 0 amide bonds. The van der Waals surface area contributed by atoms with Crippen LogP contribution in [0.4, 0.5) is 0 Å². The molecule has 0 fully saturated rings. The third kappa shape index (κ3) is 2.77. The van der Waals surface area contributed by atoms with Crippen LogP contribution in [0, 0.1) is 20.8 Å². The Morgan fingerprint density at radius 3 is 2.28 bits per heavy atom. The maximum absolute atomic E-state index is 6.10. The number of benzene rings is 1. The van der Waals surface area contributed by atoms with E-state index in [2.05, 4.69) is 9.97 Å². The average molecular weight is 259 g/mol. The van der Waals surface area contributed by atoms with E-state index >= 15 is 0 Å². The number of hydrogen-bond acceptors (Lipinski definition) is 2. The smallest absolute Gasteiger partial charge is 0.0845 e. The molecule has 0 saturated carbocycles. The van der Waals surface area contributed by atoms with Crippen molar-refractivity contribution in [1.29, 1.82) is 0 Å². The van der Waals surface area contributed by atoms with Gasteiger partial charge in [0.1, 0.15) is 0 Å². The van der Waals surface area contributed by atoms with Gasteiger partial charge in [-0.3, -0.25) is 4.98 Å². The van der Waals surface area contributed by atoms with E-state index in [9.17, 15) is 0 Å². The van der Waals surface area contributed by atoms with Crippen molar-refractivity contribution in [2.75, 3.05) is 0 Å². The molecule has 0 aliphatic rings. The minimum atomic E-state index is 0.739. The number of rotatable bonds is 2. The number of halogens is 1. The number of nitrogens with zero attached hydrogens (tertiary/aromatic N) is 2. The first-order valence-electron chi connectivity index (χ1n) is 5.82. The lowest BCUT2D eigenvalue weighted by Gasteiger charge is -2.04. The van der Waals surface area contributed by atoms with Crippen LogP contribution in [0.2, 0.25) is 5.02 Å². The van der Waals surface area contributed by atoms with Gasteiger partial charge >= 0.3 is 0 Å². The lowest BCUT2D eigenvalue weighted by atomic mass is 10.2. The fraction of sp³-hybridized carbons (Fsp3) is 0.200. The van der Waals surface area contributed by atoms with Crippen LogP contribution in [0.5, 0.6) is 0 Å². The van der Waals surface area contributed by atoms with E-state index in [1.807, 2.05) is 57.2 Å². The third-order valence-electron chi connectivity index (χ3n) is 2.84. The highest BCUT2D eigenvalue weighted by atomic mass is 35.5. The topological polar surface area (TPSA) is 25.8 Å². The van der Waals surface area contributed by atoms with Gasteiger partial charge in [-0.15, -0.1) is 0 Å². The van der Waals surface area contributed by atoms with Crippen LogP contribution in [-0.2, 0) is 0 Å². The number of aryl methyl sites for hydroxylation is 3. The summed E-state index contributed by atoms with van der Waals surface area (Å²) in [5.74, 6) is 0. The van der Waals surface area contributed by atoms with E-state index in [1.165, 1.54) is 0 Å². The molecule has 0 radical (unpaired) electrons. The van der Waals surface area contributed by atoms with Gasteiger partial charge in [0, 0.05) is 5.02 Å². The summed E-state index contributed by atoms with van der Waals surface area (Å²) in [6, 6.07) is 7.73. The Balaban J connectivity index is 2.35. The van der Waals surface area contributed by atoms with Crippen molar-refractivity contribution in [2.24, 2.45) is 0 Å². The van der Waals surface area contributed by atoms with Crippen LogP contribution < -0.4 is 0 Å². The lowest BCUT2D eigenvalue weighted by molar-refractivity contribution is 0.991. The minimum Gasteiger partial charge on any atom is -0.254 e. The Kier molecular flexibility index (Phi) is 3.78. The summed E-state index contributed by atoms with van der Waals surface area (Å²) in [4.78, 5) is 8.99. The highest BCUT2D eigenvalue weighted by Gasteiger charge is 2.02. The molecule has 18 heavy (non-hydrogen) atoms. The monoisotopic (exact) mass is 258 g/mol. The van der Waals surface area contributed by atoms with Crippen molar-refractivity contribution in [3.63, 3.8) is 0 Å².